The number of benzene rings is 2. The van der Waals surface area contributed by atoms with E-state index >= 15 is 0 Å². The van der Waals surface area contributed by atoms with Gasteiger partial charge in [0.2, 0.25) is 9.84 Å². The Morgan fingerprint density at radius 1 is 1.19 bits per heavy atom. The van der Waals surface area contributed by atoms with Gasteiger partial charge in [0.25, 0.3) is 5.91 Å². The molecule has 2 aliphatic heterocycles. The molecule has 5 nitrogen and oxygen atoms in total. The zero-order valence-electron chi connectivity index (χ0n) is 14.8. The summed E-state index contributed by atoms with van der Waals surface area (Å²) in [6.07, 6.45) is 1.41. The summed E-state index contributed by atoms with van der Waals surface area (Å²) in [5.41, 5.74) is 3.31. The second-order valence-electron chi connectivity index (χ2n) is 6.81. The molecule has 27 heavy (non-hydrogen) atoms. The van der Waals surface area contributed by atoms with E-state index in [9.17, 15) is 13.2 Å². The largest absolute Gasteiger partial charge is 0.347 e. The Balaban J connectivity index is 1.69. The Morgan fingerprint density at radius 3 is 2.67 bits per heavy atom. The van der Waals surface area contributed by atoms with E-state index in [-0.39, 0.29) is 9.80 Å². The SMILES string of the molecule is Cc1ccc(CNC(=O)C2=C3CCCN3c3cc(Br)ccc3S2(=O)=O)cc1. The van der Waals surface area contributed by atoms with E-state index in [1.165, 1.54) is 0 Å². The lowest BCUT2D eigenvalue weighted by molar-refractivity contribution is -0.117. The highest BCUT2D eigenvalue weighted by molar-refractivity contribution is 9.10. The fourth-order valence-corrected chi connectivity index (χ4v) is 5.69. The zero-order chi connectivity index (χ0) is 19.2. The minimum absolute atomic E-state index is 0.109. The third kappa shape index (κ3) is 3.19. The van der Waals surface area contributed by atoms with Crippen LogP contribution in [0.15, 0.2) is 62.4 Å². The van der Waals surface area contributed by atoms with Gasteiger partial charge in [-0.25, -0.2) is 8.42 Å². The maximum atomic E-state index is 13.2. The van der Waals surface area contributed by atoms with E-state index in [2.05, 4.69) is 21.2 Å². The van der Waals surface area contributed by atoms with E-state index < -0.39 is 15.7 Å². The maximum Gasteiger partial charge on any atom is 0.265 e. The fraction of sp³-hybridized carbons (Fsp3) is 0.250. The third-order valence-electron chi connectivity index (χ3n) is 4.93. The summed E-state index contributed by atoms with van der Waals surface area (Å²) in [4.78, 5) is 14.9. The molecule has 0 radical (unpaired) electrons. The summed E-state index contributed by atoms with van der Waals surface area (Å²) in [6.45, 7) is 3.00. The molecule has 0 spiro atoms. The molecule has 1 N–H and O–H groups in total. The third-order valence-corrected chi connectivity index (χ3v) is 7.31. The van der Waals surface area contributed by atoms with Crippen molar-refractivity contribution in [2.24, 2.45) is 0 Å². The lowest BCUT2D eigenvalue weighted by Gasteiger charge is -2.30. The number of allylic oxidation sites excluding steroid dienone is 1. The molecule has 0 atom stereocenters. The number of amides is 1. The molecular formula is C20H19BrN2O3S. The molecule has 7 heteroatoms. The highest BCUT2D eigenvalue weighted by Crippen LogP contribution is 2.44. The molecule has 1 fully saturated rings. The number of carbonyl (C=O) groups excluding carboxylic acids is 1. The molecule has 0 unspecified atom stereocenters. The van der Waals surface area contributed by atoms with Crippen LogP contribution in [0.25, 0.3) is 0 Å². The fourth-order valence-electron chi connectivity index (χ4n) is 3.59. The molecule has 2 aromatic carbocycles. The first-order chi connectivity index (χ1) is 12.9. The van der Waals surface area contributed by atoms with Gasteiger partial charge in [-0.2, -0.15) is 0 Å². The second kappa shape index (κ2) is 6.80. The van der Waals surface area contributed by atoms with Crippen LogP contribution in [-0.4, -0.2) is 20.9 Å². The van der Waals surface area contributed by atoms with Crippen LogP contribution in [-0.2, 0) is 21.2 Å². The van der Waals surface area contributed by atoms with E-state index in [1.807, 2.05) is 36.1 Å². The number of carbonyl (C=O) groups is 1. The van der Waals surface area contributed by atoms with Crippen LogP contribution in [0.1, 0.15) is 24.0 Å². The molecule has 140 valence electrons. The minimum atomic E-state index is -3.86. The lowest BCUT2D eigenvalue weighted by Crippen LogP contribution is -2.35. The number of halogens is 1. The standard InChI is InChI=1S/C20H19BrN2O3S/c1-13-4-6-14(7-5-13)12-22-20(24)19-16-3-2-10-23(16)17-11-15(21)8-9-18(17)27(19,25)26/h4-9,11H,2-3,10,12H2,1H3,(H,22,24). The molecular weight excluding hydrogens is 428 g/mol. The Bertz CT molecular complexity index is 1060. The number of rotatable bonds is 3. The van der Waals surface area contributed by atoms with Gasteiger partial charge in [0.15, 0.2) is 4.91 Å². The average molecular weight is 447 g/mol. The molecule has 0 aromatic heterocycles. The van der Waals surface area contributed by atoms with Crippen molar-refractivity contribution in [1.82, 2.24) is 5.32 Å². The van der Waals surface area contributed by atoms with Crippen LogP contribution >= 0.6 is 15.9 Å². The number of fused-ring (bicyclic) bond motifs is 3. The van der Waals surface area contributed by atoms with Crippen molar-refractivity contribution in [3.63, 3.8) is 0 Å². The number of sulfone groups is 1. The van der Waals surface area contributed by atoms with Gasteiger partial charge in [-0.15, -0.1) is 0 Å². The average Bonchev–Trinajstić information content (AvgIpc) is 3.10. The van der Waals surface area contributed by atoms with Crippen LogP contribution in [0.5, 0.6) is 0 Å². The monoisotopic (exact) mass is 446 g/mol. The molecule has 0 saturated carbocycles. The smallest absolute Gasteiger partial charge is 0.265 e. The predicted octanol–water partition coefficient (Wildman–Crippen LogP) is 3.67. The molecule has 2 heterocycles. The summed E-state index contributed by atoms with van der Waals surface area (Å²) in [5.74, 6) is -0.536. The molecule has 0 aliphatic carbocycles. The van der Waals surface area contributed by atoms with Crippen molar-refractivity contribution >= 4 is 37.4 Å². The van der Waals surface area contributed by atoms with Crippen molar-refractivity contribution in [3.05, 3.63) is 68.7 Å². The van der Waals surface area contributed by atoms with Gasteiger partial charge in [0.05, 0.1) is 10.6 Å². The van der Waals surface area contributed by atoms with Crippen LogP contribution < -0.4 is 10.2 Å². The van der Waals surface area contributed by atoms with E-state index in [1.54, 1.807) is 18.2 Å². The lowest BCUT2D eigenvalue weighted by atomic mass is 10.1. The Morgan fingerprint density at radius 2 is 1.93 bits per heavy atom. The number of hydrogen-bond acceptors (Lipinski definition) is 4. The highest BCUT2D eigenvalue weighted by Gasteiger charge is 2.41. The first-order valence-electron chi connectivity index (χ1n) is 8.77. The van der Waals surface area contributed by atoms with Crippen LogP contribution in [0.2, 0.25) is 0 Å². The van der Waals surface area contributed by atoms with Crippen molar-refractivity contribution in [1.29, 1.82) is 0 Å². The molecule has 4 rings (SSSR count). The summed E-state index contributed by atoms with van der Waals surface area (Å²) in [7, 11) is -3.86. The Kier molecular flexibility index (Phi) is 4.60. The van der Waals surface area contributed by atoms with Gasteiger partial charge in [0, 0.05) is 23.3 Å². The Labute approximate surface area is 167 Å². The summed E-state index contributed by atoms with van der Waals surface area (Å²) >= 11 is 3.41. The predicted molar refractivity (Wildman–Crippen MR) is 108 cm³/mol. The summed E-state index contributed by atoms with van der Waals surface area (Å²) < 4.78 is 27.2. The topological polar surface area (TPSA) is 66.5 Å². The highest BCUT2D eigenvalue weighted by atomic mass is 79.9. The van der Waals surface area contributed by atoms with Crippen LogP contribution in [0.3, 0.4) is 0 Å². The van der Waals surface area contributed by atoms with Crippen LogP contribution in [0.4, 0.5) is 5.69 Å². The number of nitrogens with zero attached hydrogens (tertiary/aromatic N) is 1. The van der Waals surface area contributed by atoms with Gasteiger partial charge in [-0.1, -0.05) is 45.8 Å². The number of anilines is 1. The molecule has 1 amide bonds. The van der Waals surface area contributed by atoms with Gasteiger partial charge in [-0.05, 0) is 43.5 Å². The van der Waals surface area contributed by atoms with E-state index in [4.69, 9.17) is 0 Å². The Hall–Kier alpha value is -2.12. The zero-order valence-corrected chi connectivity index (χ0v) is 17.2. The van der Waals surface area contributed by atoms with Crippen molar-refractivity contribution < 1.29 is 13.2 Å². The summed E-state index contributed by atoms with van der Waals surface area (Å²) in [6, 6.07) is 12.9. The molecule has 1 saturated heterocycles. The van der Waals surface area contributed by atoms with Gasteiger partial charge in [0.1, 0.15) is 0 Å². The minimum Gasteiger partial charge on any atom is -0.347 e. The van der Waals surface area contributed by atoms with Crippen molar-refractivity contribution in [3.8, 4) is 0 Å². The van der Waals surface area contributed by atoms with Gasteiger partial charge >= 0.3 is 0 Å². The molecule has 2 aliphatic rings. The number of hydrogen-bond donors (Lipinski definition) is 1. The second-order valence-corrected chi connectivity index (χ2v) is 9.59. The number of aryl methyl sites for hydroxylation is 1. The molecule has 0 bridgehead atoms. The van der Waals surface area contributed by atoms with Gasteiger partial charge in [-0.3, -0.25) is 4.79 Å². The van der Waals surface area contributed by atoms with E-state index in [0.29, 0.717) is 30.9 Å². The quantitative estimate of drug-likeness (QED) is 0.780. The molecule has 2 aromatic rings. The van der Waals surface area contributed by atoms with Crippen molar-refractivity contribution in [2.75, 3.05) is 11.4 Å². The summed E-state index contributed by atoms with van der Waals surface area (Å²) in [5, 5.41) is 2.79. The van der Waals surface area contributed by atoms with Crippen LogP contribution in [0, 0.1) is 6.92 Å². The maximum absolute atomic E-state index is 13.2. The van der Waals surface area contributed by atoms with Crippen molar-refractivity contribution in [2.45, 2.75) is 31.2 Å². The normalized spacial score (nSPS) is 17.5. The van der Waals surface area contributed by atoms with E-state index in [0.717, 1.165) is 22.0 Å². The first-order valence-corrected chi connectivity index (χ1v) is 11.0. The first kappa shape index (κ1) is 18.3. The van der Waals surface area contributed by atoms with Gasteiger partial charge < -0.3 is 10.2 Å². The number of nitrogens with one attached hydrogen (secondary N) is 1.